The lowest BCUT2D eigenvalue weighted by atomic mass is 10.1. The molecule has 6 heteroatoms. The number of aryl methyl sites for hydroxylation is 1. The molecule has 0 radical (unpaired) electrons. The van der Waals surface area contributed by atoms with Gasteiger partial charge in [-0.3, -0.25) is 4.79 Å². The Balaban J connectivity index is 1.69. The summed E-state index contributed by atoms with van der Waals surface area (Å²) in [5.74, 6) is -1.59. The minimum Gasteiger partial charge on any atom is -0.507 e. The van der Waals surface area contributed by atoms with Gasteiger partial charge in [0.25, 0.3) is 5.91 Å². The van der Waals surface area contributed by atoms with Crippen molar-refractivity contribution in [1.29, 1.82) is 0 Å². The van der Waals surface area contributed by atoms with Crippen molar-refractivity contribution in [3.8, 4) is 11.5 Å². The van der Waals surface area contributed by atoms with Crippen molar-refractivity contribution in [3.05, 3.63) is 101 Å². The van der Waals surface area contributed by atoms with Gasteiger partial charge in [0, 0.05) is 0 Å². The number of carbonyl (C=O) groups excluding carboxylic acids is 1. The Morgan fingerprint density at radius 2 is 1.73 bits per heavy atom. The third-order valence-electron chi connectivity index (χ3n) is 4.31. The average molecular weight is 403 g/mol. The van der Waals surface area contributed by atoms with E-state index in [1.54, 1.807) is 36.4 Å². The number of amides is 1. The Bertz CT molecular complexity index is 1090. The molecule has 0 spiro atoms. The van der Waals surface area contributed by atoms with Gasteiger partial charge >= 0.3 is 5.97 Å². The zero-order valence-corrected chi connectivity index (χ0v) is 16.3. The van der Waals surface area contributed by atoms with Gasteiger partial charge < -0.3 is 20.3 Å². The number of benzene rings is 3. The number of carboxylic acid groups (broad SMARTS) is 1. The molecule has 3 rings (SSSR count). The summed E-state index contributed by atoms with van der Waals surface area (Å²) in [5, 5.41) is 21.5. The molecule has 0 saturated heterocycles. The monoisotopic (exact) mass is 403 g/mol. The van der Waals surface area contributed by atoms with E-state index in [1.165, 1.54) is 18.2 Å². The standard InChI is InChI=1S/C24H21NO5/c1-16-5-4-6-18(13-16)15-30-19-11-9-17(10-12-19)14-21(24(28)29)25-23(27)20-7-2-3-8-22(20)26/h2-14,26H,15H2,1H3,(H,25,27)(H,28,29)/b21-14-. The van der Waals surface area contributed by atoms with Crippen LogP contribution in [0.4, 0.5) is 0 Å². The number of nitrogens with one attached hydrogen (secondary N) is 1. The molecule has 0 atom stereocenters. The van der Waals surface area contributed by atoms with Crippen LogP contribution in [-0.2, 0) is 11.4 Å². The molecule has 0 heterocycles. The summed E-state index contributed by atoms with van der Waals surface area (Å²) in [7, 11) is 0. The number of ether oxygens (including phenoxy) is 1. The Morgan fingerprint density at radius 1 is 1.00 bits per heavy atom. The second-order valence-corrected chi connectivity index (χ2v) is 6.68. The number of carboxylic acids is 1. The molecule has 0 aliphatic carbocycles. The van der Waals surface area contributed by atoms with E-state index in [-0.39, 0.29) is 17.0 Å². The molecule has 3 N–H and O–H groups in total. The summed E-state index contributed by atoms with van der Waals surface area (Å²) in [6.07, 6.45) is 1.34. The molecule has 0 fully saturated rings. The van der Waals surface area contributed by atoms with Crippen molar-refractivity contribution in [1.82, 2.24) is 5.32 Å². The zero-order valence-electron chi connectivity index (χ0n) is 16.3. The molecule has 0 saturated carbocycles. The van der Waals surface area contributed by atoms with Crippen LogP contribution in [0.1, 0.15) is 27.0 Å². The van der Waals surface area contributed by atoms with Crippen LogP contribution in [0, 0.1) is 6.92 Å². The Labute approximate surface area is 174 Å². The zero-order chi connectivity index (χ0) is 21.5. The predicted molar refractivity (Wildman–Crippen MR) is 113 cm³/mol. The number of aliphatic carboxylic acids is 1. The third-order valence-corrected chi connectivity index (χ3v) is 4.31. The highest BCUT2D eigenvalue weighted by Gasteiger charge is 2.15. The molecule has 3 aromatic carbocycles. The van der Waals surface area contributed by atoms with Crippen LogP contribution in [0.15, 0.2) is 78.5 Å². The van der Waals surface area contributed by atoms with Gasteiger partial charge in [-0.25, -0.2) is 4.79 Å². The van der Waals surface area contributed by atoms with E-state index < -0.39 is 11.9 Å². The van der Waals surface area contributed by atoms with E-state index in [4.69, 9.17) is 4.74 Å². The van der Waals surface area contributed by atoms with Crippen LogP contribution in [-0.4, -0.2) is 22.1 Å². The number of carbonyl (C=O) groups is 2. The van der Waals surface area contributed by atoms with E-state index >= 15 is 0 Å². The highest BCUT2D eigenvalue weighted by molar-refractivity contribution is 6.04. The number of phenols is 1. The molecule has 6 nitrogen and oxygen atoms in total. The van der Waals surface area contributed by atoms with Crippen LogP contribution < -0.4 is 10.1 Å². The SMILES string of the molecule is Cc1cccc(COc2ccc(/C=C(\NC(=O)c3ccccc3O)C(=O)O)cc2)c1. The first-order valence-corrected chi connectivity index (χ1v) is 9.25. The molecular weight excluding hydrogens is 382 g/mol. The van der Waals surface area contributed by atoms with Crippen molar-refractivity contribution in [3.63, 3.8) is 0 Å². The van der Waals surface area contributed by atoms with Crippen LogP contribution in [0.5, 0.6) is 11.5 Å². The van der Waals surface area contributed by atoms with Crippen molar-refractivity contribution < 1.29 is 24.5 Å². The average Bonchev–Trinajstić information content (AvgIpc) is 2.73. The number of hydrogen-bond donors (Lipinski definition) is 3. The van der Waals surface area contributed by atoms with Crippen molar-refractivity contribution >= 4 is 18.0 Å². The number of rotatable bonds is 7. The molecule has 0 bridgehead atoms. The Morgan fingerprint density at radius 3 is 2.40 bits per heavy atom. The molecule has 0 aromatic heterocycles. The van der Waals surface area contributed by atoms with Gasteiger partial charge in [-0.1, -0.05) is 54.1 Å². The predicted octanol–water partition coefficient (Wildman–Crippen LogP) is 4.14. The topological polar surface area (TPSA) is 95.9 Å². The van der Waals surface area contributed by atoms with Crippen LogP contribution in [0.3, 0.4) is 0 Å². The maximum absolute atomic E-state index is 12.3. The number of hydrogen-bond acceptors (Lipinski definition) is 4. The summed E-state index contributed by atoms with van der Waals surface area (Å²) in [6.45, 7) is 2.44. The van der Waals surface area contributed by atoms with Crippen molar-refractivity contribution in [2.45, 2.75) is 13.5 Å². The summed E-state index contributed by atoms with van der Waals surface area (Å²) < 4.78 is 5.76. The first-order valence-electron chi connectivity index (χ1n) is 9.25. The lowest BCUT2D eigenvalue weighted by Gasteiger charge is -2.09. The van der Waals surface area contributed by atoms with Gasteiger partial charge in [0.2, 0.25) is 0 Å². The van der Waals surface area contributed by atoms with Gasteiger partial charge in [-0.2, -0.15) is 0 Å². The molecule has 3 aromatic rings. The lowest BCUT2D eigenvalue weighted by Crippen LogP contribution is -2.27. The van der Waals surface area contributed by atoms with E-state index in [0.29, 0.717) is 17.9 Å². The van der Waals surface area contributed by atoms with Crippen molar-refractivity contribution in [2.75, 3.05) is 0 Å². The highest BCUT2D eigenvalue weighted by Crippen LogP contribution is 2.18. The molecule has 152 valence electrons. The maximum Gasteiger partial charge on any atom is 0.352 e. The smallest absolute Gasteiger partial charge is 0.352 e. The lowest BCUT2D eigenvalue weighted by molar-refractivity contribution is -0.132. The van der Waals surface area contributed by atoms with E-state index in [0.717, 1.165) is 11.1 Å². The number of aromatic hydroxyl groups is 1. The fourth-order valence-electron chi connectivity index (χ4n) is 2.80. The molecule has 1 amide bonds. The van der Waals surface area contributed by atoms with Gasteiger partial charge in [0.1, 0.15) is 23.8 Å². The van der Waals surface area contributed by atoms with E-state index in [2.05, 4.69) is 5.32 Å². The van der Waals surface area contributed by atoms with Crippen LogP contribution >= 0.6 is 0 Å². The van der Waals surface area contributed by atoms with Gasteiger partial charge in [0.05, 0.1) is 5.56 Å². The second-order valence-electron chi connectivity index (χ2n) is 6.68. The summed E-state index contributed by atoms with van der Waals surface area (Å²) >= 11 is 0. The van der Waals surface area contributed by atoms with Crippen LogP contribution in [0.2, 0.25) is 0 Å². The fourth-order valence-corrected chi connectivity index (χ4v) is 2.80. The Kier molecular flexibility index (Phi) is 6.49. The Hall–Kier alpha value is -4.06. The van der Waals surface area contributed by atoms with E-state index in [9.17, 15) is 19.8 Å². The van der Waals surface area contributed by atoms with Gasteiger partial charge in [-0.05, 0) is 48.4 Å². The molecule has 0 aliphatic rings. The molecule has 0 unspecified atom stereocenters. The number of para-hydroxylation sites is 1. The quantitative estimate of drug-likeness (QED) is 0.516. The summed E-state index contributed by atoms with van der Waals surface area (Å²) in [5.41, 5.74) is 2.47. The first kappa shape index (κ1) is 20.7. The van der Waals surface area contributed by atoms with Gasteiger partial charge in [0.15, 0.2) is 0 Å². The molecule has 0 aliphatic heterocycles. The number of phenolic OH excluding ortho intramolecular Hbond substituents is 1. The van der Waals surface area contributed by atoms with Crippen molar-refractivity contribution in [2.24, 2.45) is 0 Å². The third kappa shape index (κ3) is 5.48. The maximum atomic E-state index is 12.3. The molecule has 30 heavy (non-hydrogen) atoms. The first-order chi connectivity index (χ1) is 14.4. The summed E-state index contributed by atoms with van der Waals surface area (Å²) in [4.78, 5) is 23.8. The normalized spacial score (nSPS) is 11.0. The largest absolute Gasteiger partial charge is 0.507 e. The second kappa shape index (κ2) is 9.43. The van der Waals surface area contributed by atoms with Gasteiger partial charge in [-0.15, -0.1) is 0 Å². The molecular formula is C24H21NO5. The van der Waals surface area contributed by atoms with E-state index in [1.807, 2.05) is 31.2 Å². The summed E-state index contributed by atoms with van der Waals surface area (Å²) in [6, 6.07) is 20.8. The minimum absolute atomic E-state index is 0.00968. The minimum atomic E-state index is -1.29. The fraction of sp³-hybridized carbons (Fsp3) is 0.0833. The van der Waals surface area contributed by atoms with Crippen LogP contribution in [0.25, 0.3) is 6.08 Å². The highest BCUT2D eigenvalue weighted by atomic mass is 16.5.